The maximum atomic E-state index is 4.25. The minimum absolute atomic E-state index is 0. The summed E-state index contributed by atoms with van der Waals surface area (Å²) in [6.45, 7) is 2.11. The van der Waals surface area contributed by atoms with Gasteiger partial charge in [-0.3, -0.25) is 0 Å². The van der Waals surface area contributed by atoms with Crippen molar-refractivity contribution in [1.82, 2.24) is 4.98 Å². The van der Waals surface area contributed by atoms with Crippen molar-refractivity contribution in [2.24, 2.45) is 0 Å². The van der Waals surface area contributed by atoms with Crippen LogP contribution in [-0.4, -0.2) is 12.0 Å². The van der Waals surface area contributed by atoms with Gasteiger partial charge in [0.25, 0.3) is 0 Å². The average molecular weight is 144 g/mol. The first-order chi connectivity index (χ1) is 4.36. The molecule has 0 spiro atoms. The van der Waals surface area contributed by atoms with E-state index in [2.05, 4.69) is 22.6 Å². The Balaban J connectivity index is 0.000000810. The van der Waals surface area contributed by atoms with E-state index in [1.54, 1.807) is 11.3 Å². The number of hydrogen-bond acceptors (Lipinski definition) is 3. The lowest BCUT2D eigenvalue weighted by molar-refractivity contribution is 1.06. The maximum absolute atomic E-state index is 4.25. The van der Waals surface area contributed by atoms with Crippen molar-refractivity contribution in [1.29, 1.82) is 0 Å². The van der Waals surface area contributed by atoms with E-state index in [9.17, 15) is 0 Å². The predicted octanol–water partition coefficient (Wildman–Crippen LogP) is 1.99. The molecule has 0 aliphatic heterocycles. The summed E-state index contributed by atoms with van der Waals surface area (Å²) in [5.41, 5.74) is 1.17. The summed E-state index contributed by atoms with van der Waals surface area (Å²) in [6, 6.07) is 0. The van der Waals surface area contributed by atoms with E-state index >= 15 is 0 Å². The summed E-state index contributed by atoms with van der Waals surface area (Å²) in [7, 11) is 1.89. The second kappa shape index (κ2) is 2.82. The van der Waals surface area contributed by atoms with E-state index in [1.165, 1.54) is 5.69 Å². The summed E-state index contributed by atoms with van der Waals surface area (Å²) in [5, 5.41) is 6.07. The van der Waals surface area contributed by atoms with Gasteiger partial charge in [-0.2, -0.15) is 0 Å². The van der Waals surface area contributed by atoms with Crippen LogP contribution in [0, 0.1) is 0 Å². The number of nitrogens with one attached hydrogen (secondary N) is 1. The standard InChI is InChI=1S/C6H10N2S.H2/c1-3-5-4-9-6(7-2)8-5;/h4H,3H2,1-2H3,(H,7,8);1H. The molecule has 0 fully saturated rings. The molecule has 1 rings (SSSR count). The monoisotopic (exact) mass is 144 g/mol. The van der Waals surface area contributed by atoms with Gasteiger partial charge in [0.2, 0.25) is 0 Å². The number of hydrogen-bond donors (Lipinski definition) is 1. The van der Waals surface area contributed by atoms with Crippen LogP contribution in [0.2, 0.25) is 0 Å². The lowest BCUT2D eigenvalue weighted by Crippen LogP contribution is -1.86. The minimum atomic E-state index is 0. The molecule has 0 amide bonds. The maximum Gasteiger partial charge on any atom is 0.182 e. The Morgan fingerprint density at radius 2 is 2.67 bits per heavy atom. The van der Waals surface area contributed by atoms with Gasteiger partial charge in [-0.05, 0) is 6.42 Å². The number of rotatable bonds is 2. The zero-order valence-corrected chi connectivity index (χ0v) is 6.46. The van der Waals surface area contributed by atoms with Gasteiger partial charge in [0.15, 0.2) is 5.13 Å². The van der Waals surface area contributed by atoms with Crippen molar-refractivity contribution in [2.45, 2.75) is 13.3 Å². The van der Waals surface area contributed by atoms with Gasteiger partial charge < -0.3 is 5.32 Å². The Hall–Kier alpha value is -0.570. The highest BCUT2D eigenvalue weighted by atomic mass is 32.1. The van der Waals surface area contributed by atoms with Crippen LogP contribution in [0.25, 0.3) is 0 Å². The molecule has 0 aromatic carbocycles. The number of aromatic nitrogens is 1. The second-order valence-electron chi connectivity index (χ2n) is 1.75. The van der Waals surface area contributed by atoms with Gasteiger partial charge in [-0.1, -0.05) is 6.92 Å². The first-order valence-corrected chi connectivity index (χ1v) is 3.87. The summed E-state index contributed by atoms with van der Waals surface area (Å²) in [6.07, 6.45) is 1.03. The fourth-order valence-corrected chi connectivity index (χ4v) is 1.34. The lowest BCUT2D eigenvalue weighted by atomic mass is 10.4. The first-order valence-electron chi connectivity index (χ1n) is 2.99. The Morgan fingerprint density at radius 1 is 1.89 bits per heavy atom. The zero-order valence-electron chi connectivity index (χ0n) is 5.64. The van der Waals surface area contributed by atoms with Crippen LogP contribution in [0.3, 0.4) is 0 Å². The van der Waals surface area contributed by atoms with Crippen LogP contribution >= 0.6 is 11.3 Å². The molecule has 0 atom stereocenters. The third-order valence-electron chi connectivity index (χ3n) is 1.13. The van der Waals surface area contributed by atoms with Crippen molar-refractivity contribution in [3.8, 4) is 0 Å². The van der Waals surface area contributed by atoms with E-state index in [1.807, 2.05) is 7.05 Å². The van der Waals surface area contributed by atoms with Crippen LogP contribution < -0.4 is 5.32 Å². The van der Waals surface area contributed by atoms with Crippen molar-refractivity contribution in [2.75, 3.05) is 12.4 Å². The quantitative estimate of drug-likeness (QED) is 0.686. The van der Waals surface area contributed by atoms with Crippen LogP contribution in [0.15, 0.2) is 5.38 Å². The van der Waals surface area contributed by atoms with Crippen LogP contribution in [0.4, 0.5) is 5.13 Å². The van der Waals surface area contributed by atoms with Crippen molar-refractivity contribution >= 4 is 16.5 Å². The summed E-state index contributed by atoms with van der Waals surface area (Å²) in [5.74, 6) is 0. The molecule has 0 aliphatic carbocycles. The molecule has 0 saturated heterocycles. The van der Waals surface area contributed by atoms with Gasteiger partial charge in [-0.25, -0.2) is 4.98 Å². The van der Waals surface area contributed by atoms with Gasteiger partial charge in [0.05, 0.1) is 5.69 Å². The molecule has 1 N–H and O–H groups in total. The highest BCUT2D eigenvalue weighted by Crippen LogP contribution is 2.13. The first kappa shape index (κ1) is 6.55. The molecular weight excluding hydrogens is 132 g/mol. The van der Waals surface area contributed by atoms with Crippen molar-refractivity contribution in [3.05, 3.63) is 11.1 Å². The van der Waals surface area contributed by atoms with E-state index in [0.29, 0.717) is 0 Å². The van der Waals surface area contributed by atoms with Gasteiger partial charge >= 0.3 is 0 Å². The van der Waals surface area contributed by atoms with Crippen LogP contribution in [-0.2, 0) is 6.42 Å². The lowest BCUT2D eigenvalue weighted by Gasteiger charge is -1.87. The van der Waals surface area contributed by atoms with E-state index in [0.717, 1.165) is 11.6 Å². The molecule has 1 aromatic heterocycles. The molecular formula is C6H12N2S. The van der Waals surface area contributed by atoms with Crippen molar-refractivity contribution in [3.63, 3.8) is 0 Å². The Bertz CT molecular complexity index is 169. The number of nitrogens with zero attached hydrogens (tertiary/aromatic N) is 1. The van der Waals surface area contributed by atoms with Crippen molar-refractivity contribution < 1.29 is 1.43 Å². The highest BCUT2D eigenvalue weighted by molar-refractivity contribution is 7.13. The molecule has 1 heterocycles. The van der Waals surface area contributed by atoms with Crippen LogP contribution in [0.1, 0.15) is 14.0 Å². The molecule has 3 heteroatoms. The van der Waals surface area contributed by atoms with Crippen LogP contribution in [0.5, 0.6) is 0 Å². The third kappa shape index (κ3) is 1.42. The molecule has 0 bridgehead atoms. The smallest absolute Gasteiger partial charge is 0.182 e. The molecule has 2 nitrogen and oxygen atoms in total. The van der Waals surface area contributed by atoms with E-state index in [-0.39, 0.29) is 1.43 Å². The molecule has 0 saturated carbocycles. The summed E-state index contributed by atoms with van der Waals surface area (Å²) < 4.78 is 0. The normalized spacial score (nSPS) is 9.56. The SMILES string of the molecule is CCc1csc(NC)n1.[HH]. The molecule has 0 unspecified atom stereocenters. The molecule has 0 aliphatic rings. The summed E-state index contributed by atoms with van der Waals surface area (Å²) in [4.78, 5) is 4.25. The van der Waals surface area contributed by atoms with E-state index in [4.69, 9.17) is 0 Å². The third-order valence-corrected chi connectivity index (χ3v) is 2.04. The molecule has 1 aromatic rings. The molecule has 9 heavy (non-hydrogen) atoms. The van der Waals surface area contributed by atoms with Gasteiger partial charge in [0, 0.05) is 13.9 Å². The minimum Gasteiger partial charge on any atom is -0.365 e. The summed E-state index contributed by atoms with van der Waals surface area (Å²) >= 11 is 1.65. The second-order valence-corrected chi connectivity index (χ2v) is 2.61. The fraction of sp³-hybridized carbons (Fsp3) is 0.500. The Labute approximate surface area is 60.4 Å². The predicted molar refractivity (Wildman–Crippen MR) is 43.2 cm³/mol. The Kier molecular flexibility index (Phi) is 2.05. The topological polar surface area (TPSA) is 24.9 Å². The largest absolute Gasteiger partial charge is 0.365 e. The number of anilines is 1. The zero-order chi connectivity index (χ0) is 6.69. The number of aryl methyl sites for hydroxylation is 1. The average Bonchev–Trinajstić information content (AvgIpc) is 2.34. The Morgan fingerprint density at radius 3 is 3.00 bits per heavy atom. The number of thiazole rings is 1. The molecule has 0 radical (unpaired) electrons. The fourth-order valence-electron chi connectivity index (χ4n) is 0.584. The van der Waals surface area contributed by atoms with Gasteiger partial charge in [0.1, 0.15) is 0 Å². The van der Waals surface area contributed by atoms with Gasteiger partial charge in [-0.15, -0.1) is 11.3 Å². The molecule has 52 valence electrons. The van der Waals surface area contributed by atoms with E-state index < -0.39 is 0 Å². The highest BCUT2D eigenvalue weighted by Gasteiger charge is 1.94.